The first-order valence-electron chi connectivity index (χ1n) is 11.4. The maximum Gasteiger partial charge on any atom is 0.348 e. The molecule has 0 saturated heterocycles. The summed E-state index contributed by atoms with van der Waals surface area (Å²) in [4.78, 5) is 25.1. The van der Waals surface area contributed by atoms with Gasteiger partial charge in [-0.25, -0.2) is 9.88 Å². The third-order valence-electron chi connectivity index (χ3n) is 4.99. The standard InChI is InChI=1S/C26H30NO6PS/c1-4-6-15-32-25(28)19(3)27-34(30,33-22-10-8-7-9-11-22)18-20-12-13-23-21(16-20)17-24(35-23)26(29)31-14-5-2/h5,7-13,16-17,19H,2,4,6,14-15,18H2,1,3H3,(H,27,30). The molecule has 0 aliphatic rings. The van der Waals surface area contributed by atoms with Crippen molar-refractivity contribution >= 4 is 40.9 Å². The summed E-state index contributed by atoms with van der Waals surface area (Å²) in [6.07, 6.45) is 3.22. The number of ether oxygens (including phenoxy) is 2. The van der Waals surface area contributed by atoms with E-state index in [9.17, 15) is 14.2 Å². The zero-order valence-electron chi connectivity index (χ0n) is 19.9. The number of carbonyl (C=O) groups excluding carboxylic acids is 2. The van der Waals surface area contributed by atoms with Crippen molar-refractivity contribution in [1.29, 1.82) is 0 Å². The number of fused-ring (bicyclic) bond motifs is 1. The number of hydrogen-bond acceptors (Lipinski definition) is 7. The van der Waals surface area contributed by atoms with E-state index in [0.29, 0.717) is 17.2 Å². The van der Waals surface area contributed by atoms with Gasteiger partial charge in [-0.3, -0.25) is 9.36 Å². The molecule has 186 valence electrons. The van der Waals surface area contributed by atoms with Gasteiger partial charge in [0, 0.05) is 4.70 Å². The Morgan fingerprint density at radius 3 is 2.63 bits per heavy atom. The van der Waals surface area contributed by atoms with Gasteiger partial charge in [-0.15, -0.1) is 11.3 Å². The summed E-state index contributed by atoms with van der Waals surface area (Å²) in [5, 5.41) is 3.72. The Bertz CT molecular complexity index is 1210. The van der Waals surface area contributed by atoms with E-state index >= 15 is 0 Å². The van der Waals surface area contributed by atoms with Crippen molar-refractivity contribution in [2.45, 2.75) is 38.9 Å². The molecule has 3 rings (SSSR count). The molecule has 0 fully saturated rings. The number of benzene rings is 2. The second-order valence-corrected chi connectivity index (χ2v) is 11.2. The van der Waals surface area contributed by atoms with Gasteiger partial charge < -0.3 is 14.0 Å². The summed E-state index contributed by atoms with van der Waals surface area (Å²) >= 11 is 1.32. The van der Waals surface area contributed by atoms with Crippen LogP contribution in [0.3, 0.4) is 0 Å². The highest BCUT2D eigenvalue weighted by Crippen LogP contribution is 2.47. The number of para-hydroxylation sites is 1. The SMILES string of the molecule is C=CCOC(=O)c1cc2cc(CP(=O)(NC(C)C(=O)OCCCC)Oc3ccccc3)ccc2s1. The zero-order chi connectivity index (χ0) is 25.3. The summed E-state index contributed by atoms with van der Waals surface area (Å²) < 4.78 is 31.1. The van der Waals surface area contributed by atoms with Crippen LogP contribution in [-0.4, -0.2) is 31.2 Å². The molecule has 3 aromatic rings. The fourth-order valence-electron chi connectivity index (χ4n) is 3.28. The van der Waals surface area contributed by atoms with Crippen molar-refractivity contribution in [3.05, 3.63) is 77.7 Å². The molecule has 0 spiro atoms. The number of nitrogens with one attached hydrogen (secondary N) is 1. The molecule has 35 heavy (non-hydrogen) atoms. The molecule has 0 radical (unpaired) electrons. The Morgan fingerprint density at radius 1 is 1.14 bits per heavy atom. The van der Waals surface area contributed by atoms with Crippen molar-refractivity contribution in [2.24, 2.45) is 0 Å². The van der Waals surface area contributed by atoms with E-state index in [0.717, 1.165) is 28.5 Å². The highest BCUT2D eigenvalue weighted by atomic mass is 32.1. The predicted octanol–water partition coefficient (Wildman–Crippen LogP) is 6.34. The van der Waals surface area contributed by atoms with E-state index < -0.39 is 25.5 Å². The van der Waals surface area contributed by atoms with Crippen molar-refractivity contribution in [1.82, 2.24) is 5.09 Å². The van der Waals surface area contributed by atoms with Crippen molar-refractivity contribution < 1.29 is 28.2 Å². The second kappa shape index (κ2) is 12.7. The Hall–Kier alpha value is -2.93. The van der Waals surface area contributed by atoms with Crippen LogP contribution >= 0.6 is 18.9 Å². The lowest BCUT2D eigenvalue weighted by Gasteiger charge is -2.24. The maximum absolute atomic E-state index is 13.9. The summed E-state index contributed by atoms with van der Waals surface area (Å²) in [6.45, 7) is 7.62. The average Bonchev–Trinajstić information content (AvgIpc) is 3.26. The van der Waals surface area contributed by atoms with E-state index in [2.05, 4.69) is 11.7 Å². The first kappa shape index (κ1) is 26.7. The van der Waals surface area contributed by atoms with Crippen LogP contribution in [0.15, 0.2) is 67.3 Å². The Kier molecular flexibility index (Phi) is 9.66. The molecule has 0 bridgehead atoms. The Balaban J connectivity index is 1.82. The molecular weight excluding hydrogens is 485 g/mol. The lowest BCUT2D eigenvalue weighted by Crippen LogP contribution is -2.35. The minimum absolute atomic E-state index is 0.0382. The van der Waals surface area contributed by atoms with Crippen molar-refractivity contribution in [3.63, 3.8) is 0 Å². The number of unbranched alkanes of at least 4 members (excludes halogenated alkanes) is 1. The third-order valence-corrected chi connectivity index (χ3v) is 8.15. The molecule has 2 atom stereocenters. The molecular formula is C26H30NO6PS. The van der Waals surface area contributed by atoms with Gasteiger partial charge in [-0.05, 0) is 54.6 Å². The molecule has 2 aromatic carbocycles. The quantitative estimate of drug-likeness (QED) is 0.123. The van der Waals surface area contributed by atoms with E-state index in [-0.39, 0.29) is 12.8 Å². The summed E-state index contributed by atoms with van der Waals surface area (Å²) in [5.41, 5.74) is 0.736. The summed E-state index contributed by atoms with van der Waals surface area (Å²) in [5.74, 6) is -0.465. The monoisotopic (exact) mass is 515 g/mol. The van der Waals surface area contributed by atoms with Gasteiger partial charge in [0.25, 0.3) is 0 Å². The highest BCUT2D eigenvalue weighted by Gasteiger charge is 2.31. The summed E-state index contributed by atoms with van der Waals surface area (Å²) in [7, 11) is -3.57. The lowest BCUT2D eigenvalue weighted by atomic mass is 10.2. The van der Waals surface area contributed by atoms with Gasteiger partial charge in [-0.1, -0.05) is 50.3 Å². The van der Waals surface area contributed by atoms with Gasteiger partial charge in [0.2, 0.25) is 0 Å². The number of esters is 2. The van der Waals surface area contributed by atoms with Gasteiger partial charge >= 0.3 is 19.5 Å². The molecule has 0 aliphatic carbocycles. The first-order valence-corrected chi connectivity index (χ1v) is 14.0. The molecule has 2 unspecified atom stereocenters. The normalized spacial score (nSPS) is 13.5. The van der Waals surface area contributed by atoms with E-state index in [1.807, 2.05) is 31.2 Å². The molecule has 7 nitrogen and oxygen atoms in total. The van der Waals surface area contributed by atoms with E-state index in [4.69, 9.17) is 14.0 Å². The molecule has 0 aliphatic heterocycles. The van der Waals surface area contributed by atoms with Crippen LogP contribution in [0.1, 0.15) is 41.9 Å². The number of carbonyl (C=O) groups is 2. The average molecular weight is 516 g/mol. The third kappa shape index (κ3) is 7.79. The predicted molar refractivity (Wildman–Crippen MR) is 139 cm³/mol. The van der Waals surface area contributed by atoms with Gasteiger partial charge in [0.1, 0.15) is 23.3 Å². The number of rotatable bonds is 13. The fourth-order valence-corrected chi connectivity index (χ4v) is 6.26. The zero-order valence-corrected chi connectivity index (χ0v) is 21.6. The van der Waals surface area contributed by atoms with E-state index in [1.54, 1.807) is 37.3 Å². The lowest BCUT2D eigenvalue weighted by molar-refractivity contribution is -0.145. The minimum Gasteiger partial charge on any atom is -0.465 e. The highest BCUT2D eigenvalue weighted by molar-refractivity contribution is 7.56. The molecule has 1 N–H and O–H groups in total. The van der Waals surface area contributed by atoms with Crippen LogP contribution in [-0.2, 0) is 25.0 Å². The van der Waals surface area contributed by atoms with Crippen LogP contribution in [0.4, 0.5) is 0 Å². The van der Waals surface area contributed by atoms with Gasteiger partial charge in [0.15, 0.2) is 0 Å². The molecule has 1 aromatic heterocycles. The van der Waals surface area contributed by atoms with Crippen LogP contribution in [0, 0.1) is 0 Å². The number of hydrogen-bond donors (Lipinski definition) is 1. The Morgan fingerprint density at radius 2 is 1.91 bits per heavy atom. The fraction of sp³-hybridized carbons (Fsp3) is 0.308. The topological polar surface area (TPSA) is 90.9 Å². The summed E-state index contributed by atoms with van der Waals surface area (Å²) in [6, 6.07) is 15.3. The van der Waals surface area contributed by atoms with E-state index in [1.165, 1.54) is 17.4 Å². The molecule has 0 amide bonds. The van der Waals surface area contributed by atoms with Crippen molar-refractivity contribution in [3.8, 4) is 5.75 Å². The molecule has 9 heteroatoms. The Labute approximate surface area is 209 Å². The van der Waals surface area contributed by atoms with Crippen molar-refractivity contribution in [2.75, 3.05) is 13.2 Å². The van der Waals surface area contributed by atoms with Crippen LogP contribution < -0.4 is 9.61 Å². The van der Waals surface area contributed by atoms with Crippen LogP contribution in [0.25, 0.3) is 10.1 Å². The maximum atomic E-state index is 13.9. The molecule has 1 heterocycles. The van der Waals surface area contributed by atoms with Gasteiger partial charge in [0.05, 0.1) is 12.8 Å². The van der Waals surface area contributed by atoms with Gasteiger partial charge in [-0.2, -0.15) is 0 Å². The largest absolute Gasteiger partial charge is 0.465 e. The van der Waals surface area contributed by atoms with Crippen LogP contribution in [0.5, 0.6) is 5.75 Å². The minimum atomic E-state index is -3.57. The first-order chi connectivity index (χ1) is 16.8. The smallest absolute Gasteiger partial charge is 0.348 e. The number of thiophene rings is 1. The second-order valence-electron chi connectivity index (χ2n) is 7.98. The molecule has 0 saturated carbocycles. The van der Waals surface area contributed by atoms with Crippen LogP contribution in [0.2, 0.25) is 0 Å².